The highest BCUT2D eigenvalue weighted by molar-refractivity contribution is 4.33. The molecule has 0 aliphatic rings. The molecule has 96 valence electrons. The van der Waals surface area contributed by atoms with Gasteiger partial charge >= 0.3 is 0 Å². The maximum Gasteiger partial charge on any atom is 0.0701 e. The molecule has 0 spiro atoms. The van der Waals surface area contributed by atoms with Gasteiger partial charge in [0.1, 0.15) is 0 Å². The lowest BCUT2D eigenvalue weighted by Gasteiger charge is -2.04. The van der Waals surface area contributed by atoms with E-state index in [2.05, 4.69) is 0 Å². The van der Waals surface area contributed by atoms with Crippen molar-refractivity contribution < 1.29 is 24.4 Å². The number of aliphatic hydroxyl groups excluding tert-OH is 2. The molecule has 0 aromatic rings. The number of hydrogen-bond donors (Lipinski definition) is 2. The second-order valence-electron chi connectivity index (χ2n) is 2.28. The van der Waals surface area contributed by atoms with Gasteiger partial charge in [-0.25, -0.2) is 0 Å². The molecule has 2 N–H and O–H groups in total. The Balaban J connectivity index is -0.000000720. The highest BCUT2D eigenvalue weighted by Gasteiger charge is 1.89. The average Bonchev–Trinajstić information content (AvgIpc) is 2.16. The largest absolute Gasteiger partial charge is 0.394 e. The minimum atomic E-state index is 0. The summed E-state index contributed by atoms with van der Waals surface area (Å²) in [5, 5.41) is 16.7. The summed E-state index contributed by atoms with van der Waals surface area (Å²) in [7, 11) is 0. The molecular formula is C10H26O5. The standard InChI is InChI=1S/C8H18O5.2CH4/c9-1-3-11-5-7-13-8-6-12-4-2-10;;/h9-10H,1-8H2;2*1H4. The van der Waals surface area contributed by atoms with Gasteiger partial charge in [0, 0.05) is 0 Å². The lowest BCUT2D eigenvalue weighted by Crippen LogP contribution is -2.11. The van der Waals surface area contributed by atoms with Crippen molar-refractivity contribution in [2.75, 3.05) is 52.9 Å². The van der Waals surface area contributed by atoms with Crippen LogP contribution in [-0.2, 0) is 14.2 Å². The molecule has 0 saturated carbocycles. The van der Waals surface area contributed by atoms with Gasteiger partial charge in [-0.1, -0.05) is 14.9 Å². The third-order valence-electron chi connectivity index (χ3n) is 1.22. The van der Waals surface area contributed by atoms with E-state index < -0.39 is 0 Å². The van der Waals surface area contributed by atoms with Gasteiger partial charge in [0.2, 0.25) is 0 Å². The third-order valence-corrected chi connectivity index (χ3v) is 1.22. The smallest absolute Gasteiger partial charge is 0.0701 e. The van der Waals surface area contributed by atoms with E-state index >= 15 is 0 Å². The summed E-state index contributed by atoms with van der Waals surface area (Å²) >= 11 is 0. The summed E-state index contributed by atoms with van der Waals surface area (Å²) in [6, 6.07) is 0. The van der Waals surface area contributed by atoms with Crippen molar-refractivity contribution in [3.05, 3.63) is 0 Å². The number of aliphatic hydroxyl groups is 2. The molecule has 0 saturated heterocycles. The van der Waals surface area contributed by atoms with Crippen LogP contribution in [0, 0.1) is 0 Å². The number of ether oxygens (including phenoxy) is 3. The van der Waals surface area contributed by atoms with Crippen LogP contribution < -0.4 is 0 Å². The monoisotopic (exact) mass is 226 g/mol. The SMILES string of the molecule is C.C.OCCOCCOCCOCCO. The first kappa shape index (κ1) is 20.2. The van der Waals surface area contributed by atoms with E-state index in [9.17, 15) is 0 Å². The highest BCUT2D eigenvalue weighted by atomic mass is 16.5. The van der Waals surface area contributed by atoms with Crippen molar-refractivity contribution in [2.24, 2.45) is 0 Å². The van der Waals surface area contributed by atoms with Crippen LogP contribution in [0.4, 0.5) is 0 Å². The van der Waals surface area contributed by atoms with Gasteiger partial charge in [-0.3, -0.25) is 0 Å². The lowest BCUT2D eigenvalue weighted by molar-refractivity contribution is 0.00230. The first-order valence-corrected chi connectivity index (χ1v) is 4.36. The zero-order chi connectivity index (χ0) is 9.78. The van der Waals surface area contributed by atoms with Gasteiger partial charge in [0.05, 0.1) is 52.9 Å². The molecule has 5 nitrogen and oxygen atoms in total. The Morgan fingerprint density at radius 1 is 0.533 bits per heavy atom. The maximum absolute atomic E-state index is 8.36. The fourth-order valence-electron chi connectivity index (χ4n) is 0.671. The average molecular weight is 226 g/mol. The maximum atomic E-state index is 8.36. The predicted molar refractivity (Wildman–Crippen MR) is 60.1 cm³/mol. The molecule has 0 amide bonds. The quantitative estimate of drug-likeness (QED) is 0.524. The van der Waals surface area contributed by atoms with E-state index in [4.69, 9.17) is 24.4 Å². The van der Waals surface area contributed by atoms with E-state index in [1.54, 1.807) is 0 Å². The summed E-state index contributed by atoms with van der Waals surface area (Å²) in [4.78, 5) is 0. The first-order chi connectivity index (χ1) is 6.41. The Kier molecular flexibility index (Phi) is 26.2. The molecule has 0 rings (SSSR count). The van der Waals surface area contributed by atoms with Crippen molar-refractivity contribution in [3.63, 3.8) is 0 Å². The molecule has 0 fully saturated rings. The zero-order valence-corrected chi connectivity index (χ0v) is 7.78. The van der Waals surface area contributed by atoms with E-state index in [0.29, 0.717) is 39.6 Å². The molecule has 15 heavy (non-hydrogen) atoms. The van der Waals surface area contributed by atoms with Crippen molar-refractivity contribution >= 4 is 0 Å². The molecule has 0 bridgehead atoms. The summed E-state index contributed by atoms with van der Waals surface area (Å²) in [6.07, 6.45) is 0. The van der Waals surface area contributed by atoms with Crippen LogP contribution in [0.1, 0.15) is 14.9 Å². The van der Waals surface area contributed by atoms with Crippen LogP contribution in [0.15, 0.2) is 0 Å². The molecule has 0 unspecified atom stereocenters. The van der Waals surface area contributed by atoms with Crippen LogP contribution in [0.2, 0.25) is 0 Å². The van der Waals surface area contributed by atoms with Gasteiger partial charge < -0.3 is 24.4 Å². The van der Waals surface area contributed by atoms with E-state index in [0.717, 1.165) is 0 Å². The Morgan fingerprint density at radius 2 is 0.800 bits per heavy atom. The predicted octanol–water partition coefficient (Wildman–Crippen LogP) is 0.293. The molecule has 0 aromatic heterocycles. The second-order valence-corrected chi connectivity index (χ2v) is 2.28. The lowest BCUT2D eigenvalue weighted by atomic mass is 10.7. The van der Waals surface area contributed by atoms with Crippen molar-refractivity contribution in [3.8, 4) is 0 Å². The molecule has 0 atom stereocenters. The van der Waals surface area contributed by atoms with Gasteiger partial charge in [-0.2, -0.15) is 0 Å². The molecule has 0 radical (unpaired) electrons. The summed E-state index contributed by atoms with van der Waals surface area (Å²) < 4.78 is 15.0. The van der Waals surface area contributed by atoms with Gasteiger partial charge in [0.15, 0.2) is 0 Å². The summed E-state index contributed by atoms with van der Waals surface area (Å²) in [5.41, 5.74) is 0. The van der Waals surface area contributed by atoms with Crippen molar-refractivity contribution in [1.82, 2.24) is 0 Å². The van der Waals surface area contributed by atoms with E-state index in [-0.39, 0.29) is 28.1 Å². The molecule has 0 aliphatic heterocycles. The van der Waals surface area contributed by atoms with Gasteiger partial charge in [-0.05, 0) is 0 Å². The minimum Gasteiger partial charge on any atom is -0.394 e. The fourth-order valence-corrected chi connectivity index (χ4v) is 0.671. The normalized spacial score (nSPS) is 9.20. The molecule has 0 heterocycles. The fraction of sp³-hybridized carbons (Fsp3) is 1.00. The third kappa shape index (κ3) is 20.0. The van der Waals surface area contributed by atoms with Crippen LogP contribution in [-0.4, -0.2) is 63.1 Å². The Hall–Kier alpha value is -0.200. The molecular weight excluding hydrogens is 200 g/mol. The highest BCUT2D eigenvalue weighted by Crippen LogP contribution is 1.80. The van der Waals surface area contributed by atoms with Crippen molar-refractivity contribution in [1.29, 1.82) is 0 Å². The van der Waals surface area contributed by atoms with Gasteiger partial charge in [0.25, 0.3) is 0 Å². The molecule has 0 aliphatic carbocycles. The van der Waals surface area contributed by atoms with Crippen LogP contribution in [0.25, 0.3) is 0 Å². The van der Waals surface area contributed by atoms with E-state index in [1.807, 2.05) is 0 Å². The summed E-state index contributed by atoms with van der Waals surface area (Å²) in [6.45, 7) is 2.76. The molecule has 5 heteroatoms. The van der Waals surface area contributed by atoms with Crippen molar-refractivity contribution in [2.45, 2.75) is 14.9 Å². The zero-order valence-electron chi connectivity index (χ0n) is 7.78. The Morgan fingerprint density at radius 3 is 1.07 bits per heavy atom. The Bertz CT molecular complexity index is 79.9. The molecule has 0 aromatic carbocycles. The van der Waals surface area contributed by atoms with Crippen LogP contribution in [0.5, 0.6) is 0 Å². The van der Waals surface area contributed by atoms with Crippen LogP contribution >= 0.6 is 0 Å². The second kappa shape index (κ2) is 19.4. The van der Waals surface area contributed by atoms with Crippen LogP contribution in [0.3, 0.4) is 0 Å². The first-order valence-electron chi connectivity index (χ1n) is 4.36. The summed E-state index contributed by atoms with van der Waals surface area (Å²) in [5.74, 6) is 0. The van der Waals surface area contributed by atoms with Gasteiger partial charge in [-0.15, -0.1) is 0 Å². The van der Waals surface area contributed by atoms with E-state index in [1.165, 1.54) is 0 Å². The Labute approximate surface area is 93.0 Å². The topological polar surface area (TPSA) is 68.2 Å². The number of rotatable bonds is 10. The minimum absolute atomic E-state index is 0. The number of hydrogen-bond acceptors (Lipinski definition) is 5.